The number of hydrogen-bond donors (Lipinski definition) is 0. The van der Waals surface area contributed by atoms with Crippen LogP contribution in [0.25, 0.3) is 27.6 Å². The van der Waals surface area contributed by atoms with Gasteiger partial charge in [-0.1, -0.05) is 239 Å². The predicted octanol–water partition coefficient (Wildman–Crippen LogP) is 21.1. The molecule has 8 aromatic carbocycles. The van der Waals surface area contributed by atoms with Gasteiger partial charge in [0.15, 0.2) is 0 Å². The molecule has 0 unspecified atom stereocenters. The maximum Gasteiger partial charge on any atom is 0.135 e. The van der Waals surface area contributed by atoms with Crippen LogP contribution in [0.5, 0.6) is 11.5 Å². The van der Waals surface area contributed by atoms with E-state index < -0.39 is 5.41 Å². The second-order valence-corrected chi connectivity index (χ2v) is 29.3. The average molecular weight is 1300 g/mol. The molecule has 1 aliphatic heterocycles. The molecule has 1 aliphatic rings. The quantitative estimate of drug-likeness (QED) is 0.121. The van der Waals surface area contributed by atoms with Gasteiger partial charge < -0.3 is 19.1 Å². The number of pyridine rings is 1. The van der Waals surface area contributed by atoms with Crippen LogP contribution >= 0.6 is 0 Å². The first-order chi connectivity index (χ1) is 39.4. The van der Waals surface area contributed by atoms with Gasteiger partial charge in [-0.05, 0) is 125 Å². The Hall–Kier alpha value is -7.20. The molecule has 0 saturated carbocycles. The van der Waals surface area contributed by atoms with Crippen molar-refractivity contribution in [3.8, 4) is 17.3 Å². The van der Waals surface area contributed by atoms with Crippen molar-refractivity contribution in [1.82, 2.24) is 9.55 Å². The van der Waals surface area contributed by atoms with E-state index >= 15 is 0 Å². The van der Waals surface area contributed by atoms with Gasteiger partial charge in [0.05, 0.1) is 0 Å². The van der Waals surface area contributed by atoms with E-state index in [-0.39, 0.29) is 53.6 Å². The van der Waals surface area contributed by atoms with Crippen molar-refractivity contribution in [2.24, 2.45) is 0 Å². The zero-order chi connectivity index (χ0) is 60.1. The fourth-order valence-corrected chi connectivity index (χ4v) is 12.3. The number of rotatable bonds is 11. The molecule has 0 aliphatic carbocycles. The summed E-state index contributed by atoms with van der Waals surface area (Å²) in [5.41, 5.74) is 17.1. The van der Waals surface area contributed by atoms with Crippen LogP contribution in [-0.2, 0) is 59.0 Å². The van der Waals surface area contributed by atoms with Crippen LogP contribution in [-0.4, -0.2) is 9.55 Å². The minimum absolute atomic E-state index is 0. The summed E-state index contributed by atoms with van der Waals surface area (Å²) in [6.45, 7) is 44.0. The third kappa shape index (κ3) is 11.6. The molecule has 3 heterocycles. The molecule has 6 heteroatoms. The van der Waals surface area contributed by atoms with Gasteiger partial charge in [-0.25, -0.2) is 4.98 Å². The van der Waals surface area contributed by atoms with Crippen LogP contribution < -0.4 is 14.5 Å². The molecule has 85 heavy (non-hydrogen) atoms. The zero-order valence-corrected chi connectivity index (χ0v) is 55.7. The minimum atomic E-state index is -0.429. The summed E-state index contributed by atoms with van der Waals surface area (Å²) < 4.78 is 9.49. The molecule has 0 saturated heterocycles. The van der Waals surface area contributed by atoms with Crippen molar-refractivity contribution in [3.63, 3.8) is 0 Å². The predicted molar refractivity (Wildman–Crippen MR) is 355 cm³/mol. The van der Waals surface area contributed by atoms with Gasteiger partial charge in [-0.3, -0.25) is 0 Å². The SMILES string of the molecule is CC(C)(C)c1ccnc(-n2c3[c-]c(Oc4[c-]c(N5[CH-]N(c6cc(C(C)(C)c7ccccc7)cc(C(C)(C)c7ccccc7)c6)c6cc(C(C)(C)C)c(C(C)(C)C)cc65)cc(C(C)(C)c5ccccc5)c4)ccc3c3cc(C(C)(C)C)ccc32)c1.[Pt]. The van der Waals surface area contributed by atoms with Gasteiger partial charge in [-0.2, -0.15) is 6.07 Å². The first kappa shape index (κ1) is 60.9. The molecule has 0 amide bonds. The number of fused-ring (bicyclic) bond motifs is 4. The van der Waals surface area contributed by atoms with E-state index in [4.69, 9.17) is 9.72 Å². The van der Waals surface area contributed by atoms with Crippen LogP contribution in [0.2, 0.25) is 0 Å². The Balaban J connectivity index is 0.00000803. The topological polar surface area (TPSA) is 33.5 Å². The van der Waals surface area contributed by atoms with Crippen LogP contribution in [0, 0.1) is 18.8 Å². The van der Waals surface area contributed by atoms with E-state index in [1.165, 1.54) is 50.1 Å². The molecule has 11 rings (SSSR count). The van der Waals surface area contributed by atoms with Crippen molar-refractivity contribution < 1.29 is 25.8 Å². The van der Waals surface area contributed by atoms with Gasteiger partial charge in [-0.15, -0.1) is 53.6 Å². The van der Waals surface area contributed by atoms with E-state index in [0.717, 1.165) is 55.9 Å². The summed E-state index contributed by atoms with van der Waals surface area (Å²) in [5, 5.41) is 2.25. The van der Waals surface area contributed by atoms with Crippen LogP contribution in [0.4, 0.5) is 22.7 Å². The number of nitrogens with zero attached hydrogens (tertiary/aromatic N) is 4. The molecule has 0 radical (unpaired) electrons. The van der Waals surface area contributed by atoms with Gasteiger partial charge >= 0.3 is 0 Å². The van der Waals surface area contributed by atoms with Crippen LogP contribution in [0.1, 0.15) is 180 Å². The van der Waals surface area contributed by atoms with Crippen molar-refractivity contribution in [2.75, 3.05) is 9.80 Å². The second-order valence-electron chi connectivity index (χ2n) is 29.3. The van der Waals surface area contributed by atoms with Gasteiger partial charge in [0.25, 0.3) is 0 Å². The molecule has 0 bridgehead atoms. The van der Waals surface area contributed by atoms with E-state index in [0.29, 0.717) is 11.5 Å². The number of ether oxygens (including phenoxy) is 1. The maximum absolute atomic E-state index is 7.23. The molecule has 2 aromatic heterocycles. The Labute approximate surface area is 522 Å². The van der Waals surface area contributed by atoms with Crippen molar-refractivity contribution in [1.29, 1.82) is 0 Å². The van der Waals surface area contributed by atoms with E-state index in [2.05, 4.69) is 334 Å². The zero-order valence-electron chi connectivity index (χ0n) is 53.4. The smallest absolute Gasteiger partial charge is 0.135 e. The molecule has 0 fully saturated rings. The maximum atomic E-state index is 7.23. The molecule has 0 N–H and O–H groups in total. The minimum Gasteiger partial charge on any atom is -0.509 e. The Morgan fingerprint density at radius 1 is 0.388 bits per heavy atom. The molecular formula is C79H85N4OPt-3. The van der Waals surface area contributed by atoms with E-state index in [9.17, 15) is 0 Å². The fraction of sp³-hybridized carbons (Fsp3) is 0.316. The summed E-state index contributed by atoms with van der Waals surface area (Å²) in [6, 6.07) is 72.6. The van der Waals surface area contributed by atoms with Crippen molar-refractivity contribution >= 4 is 44.6 Å². The summed E-state index contributed by atoms with van der Waals surface area (Å²) in [4.78, 5) is 9.83. The Morgan fingerprint density at radius 2 is 0.871 bits per heavy atom. The summed E-state index contributed by atoms with van der Waals surface area (Å²) >= 11 is 0. The fourth-order valence-electron chi connectivity index (χ4n) is 12.3. The molecule has 5 nitrogen and oxygen atoms in total. The molecule has 0 atom stereocenters. The number of aromatic nitrogens is 2. The number of hydrogen-bond acceptors (Lipinski definition) is 4. The third-order valence-corrected chi connectivity index (χ3v) is 18.0. The average Bonchev–Trinajstić information content (AvgIpc) is 1.71. The van der Waals surface area contributed by atoms with E-state index in [1.54, 1.807) is 0 Å². The summed E-state index contributed by atoms with van der Waals surface area (Å²) in [6.07, 6.45) is 1.93. The third-order valence-electron chi connectivity index (χ3n) is 18.0. The molecule has 0 spiro atoms. The van der Waals surface area contributed by atoms with Crippen LogP contribution in [0.15, 0.2) is 182 Å². The van der Waals surface area contributed by atoms with Crippen molar-refractivity contribution in [3.05, 3.63) is 257 Å². The second kappa shape index (κ2) is 21.9. The monoisotopic (exact) mass is 1300 g/mol. The largest absolute Gasteiger partial charge is 0.509 e. The first-order valence-electron chi connectivity index (χ1n) is 30.1. The standard InChI is InChI=1S/C79H85N4O.Pt/c1-73(2,3)55-34-37-68-65(45-55)64-36-35-62(48-69(64)83(68)72-46-56(38-39-80-72)74(4,5)6)84-63-44-59(79(17,18)54-32-26-21-27-33-54)43-61(47-63)82-51-81(70-49-66(75(7,8)9)67(50-71(70)82)76(10,11)12)60-41-57(77(13,14)52-28-22-19-23-29-52)40-58(42-60)78(15,16)53-30-24-20-25-31-53;/h19-46,49-51H,1-18H3;/q-3;. The normalized spacial score (nSPS) is 13.6. The molecular weight excluding hydrogens is 1220 g/mol. The van der Waals surface area contributed by atoms with E-state index in [1.807, 2.05) is 6.20 Å². The van der Waals surface area contributed by atoms with Gasteiger partial charge in [0, 0.05) is 72.2 Å². The summed E-state index contributed by atoms with van der Waals surface area (Å²) in [5.74, 6) is 2.04. The van der Waals surface area contributed by atoms with Gasteiger partial charge in [0.1, 0.15) is 5.82 Å². The number of benzene rings is 8. The molecule has 440 valence electrons. The Morgan fingerprint density at radius 3 is 1.36 bits per heavy atom. The first-order valence-corrected chi connectivity index (χ1v) is 30.1. The van der Waals surface area contributed by atoms with Crippen molar-refractivity contribution in [2.45, 2.75) is 163 Å². The molecule has 10 aromatic rings. The Kier molecular flexibility index (Phi) is 15.7. The summed E-state index contributed by atoms with van der Waals surface area (Å²) in [7, 11) is 0. The number of anilines is 4. The Bertz CT molecular complexity index is 4020. The van der Waals surface area contributed by atoms with Gasteiger partial charge in [0.2, 0.25) is 0 Å². The van der Waals surface area contributed by atoms with Crippen LogP contribution in [0.3, 0.4) is 0 Å².